The van der Waals surface area contributed by atoms with Gasteiger partial charge in [-0.1, -0.05) is 48.9 Å². The van der Waals surface area contributed by atoms with Crippen molar-refractivity contribution in [3.8, 4) is 0 Å². The monoisotopic (exact) mass is 598 g/mol. The lowest BCUT2D eigenvalue weighted by Crippen LogP contribution is -2.44. The van der Waals surface area contributed by atoms with Crippen molar-refractivity contribution in [1.82, 2.24) is 14.3 Å². The summed E-state index contributed by atoms with van der Waals surface area (Å²) in [7, 11) is -1.80. The highest BCUT2D eigenvalue weighted by Crippen LogP contribution is 2.28. The lowest BCUT2D eigenvalue weighted by molar-refractivity contribution is -0.130. The Morgan fingerprint density at radius 1 is 1.02 bits per heavy atom. The number of hydrogen-bond acceptors (Lipinski definition) is 8. The lowest BCUT2D eigenvalue weighted by atomic mass is 10.00. The third-order valence-electron chi connectivity index (χ3n) is 7.36. The molecule has 0 radical (unpaired) electrons. The van der Waals surface area contributed by atoms with Crippen molar-refractivity contribution >= 4 is 27.9 Å². The van der Waals surface area contributed by atoms with Crippen LogP contribution in [0.1, 0.15) is 64.0 Å². The summed E-state index contributed by atoms with van der Waals surface area (Å²) in [5.74, 6) is 0.579. The van der Waals surface area contributed by atoms with Gasteiger partial charge in [0.05, 0.1) is 18.0 Å². The molecule has 2 aromatic rings. The fourth-order valence-electron chi connectivity index (χ4n) is 5.14. The predicted molar refractivity (Wildman–Crippen MR) is 160 cm³/mol. The van der Waals surface area contributed by atoms with Crippen LogP contribution in [0.3, 0.4) is 0 Å². The SMILES string of the molecule is CN(CCc1ccc(C2=NCCN2OC(=O)OC(C)(C)C)cc1)C(=O)CCC1CCCCN1S(=O)(=O)c1ccccc1. The van der Waals surface area contributed by atoms with Crippen LogP contribution in [-0.2, 0) is 30.8 Å². The van der Waals surface area contributed by atoms with Crippen LogP contribution < -0.4 is 0 Å². The molecule has 1 saturated heterocycles. The molecule has 1 unspecified atom stereocenters. The molecule has 4 rings (SSSR count). The molecular weight excluding hydrogens is 556 g/mol. The zero-order valence-electron chi connectivity index (χ0n) is 25.0. The predicted octanol–water partition coefficient (Wildman–Crippen LogP) is 4.64. The number of sulfonamides is 1. The number of nitrogens with zero attached hydrogens (tertiary/aromatic N) is 4. The van der Waals surface area contributed by atoms with E-state index >= 15 is 0 Å². The smallest absolute Gasteiger partial charge is 0.427 e. The van der Waals surface area contributed by atoms with Crippen LogP contribution in [0, 0.1) is 0 Å². The second-order valence-corrected chi connectivity index (χ2v) is 13.6. The number of amidine groups is 1. The van der Waals surface area contributed by atoms with Gasteiger partial charge < -0.3 is 14.5 Å². The van der Waals surface area contributed by atoms with Crippen molar-refractivity contribution in [2.24, 2.45) is 4.99 Å². The molecular formula is C31H42N4O6S. The molecule has 2 aliphatic heterocycles. The Labute approximate surface area is 249 Å². The van der Waals surface area contributed by atoms with Crippen molar-refractivity contribution in [1.29, 1.82) is 0 Å². The van der Waals surface area contributed by atoms with E-state index in [4.69, 9.17) is 9.57 Å². The van der Waals surface area contributed by atoms with Crippen molar-refractivity contribution in [3.63, 3.8) is 0 Å². The number of ether oxygens (including phenoxy) is 1. The van der Waals surface area contributed by atoms with Crippen LogP contribution in [0.2, 0.25) is 0 Å². The highest BCUT2D eigenvalue weighted by molar-refractivity contribution is 7.89. The number of hydrogen-bond donors (Lipinski definition) is 0. The first-order valence-corrected chi connectivity index (χ1v) is 16.0. The molecule has 1 fully saturated rings. The minimum atomic E-state index is -3.59. The fourth-order valence-corrected chi connectivity index (χ4v) is 6.89. The van der Waals surface area contributed by atoms with Gasteiger partial charge in [0.15, 0.2) is 5.84 Å². The van der Waals surface area contributed by atoms with E-state index in [9.17, 15) is 18.0 Å². The first-order chi connectivity index (χ1) is 19.9. The van der Waals surface area contributed by atoms with Gasteiger partial charge in [-0.3, -0.25) is 9.79 Å². The summed E-state index contributed by atoms with van der Waals surface area (Å²) in [5, 5.41) is 1.45. The van der Waals surface area contributed by atoms with Crippen LogP contribution in [0.5, 0.6) is 0 Å². The number of rotatable bonds is 10. The fraction of sp³-hybridized carbons (Fsp3) is 0.516. The molecule has 2 aliphatic rings. The van der Waals surface area contributed by atoms with Gasteiger partial charge in [0.1, 0.15) is 5.60 Å². The average Bonchev–Trinajstić information content (AvgIpc) is 3.42. The molecule has 0 aliphatic carbocycles. The van der Waals surface area contributed by atoms with Gasteiger partial charge >= 0.3 is 6.16 Å². The van der Waals surface area contributed by atoms with Gasteiger partial charge in [-0.2, -0.15) is 9.37 Å². The third-order valence-corrected chi connectivity index (χ3v) is 9.33. The van der Waals surface area contributed by atoms with Crippen LogP contribution in [0.25, 0.3) is 0 Å². The van der Waals surface area contributed by atoms with Gasteiger partial charge in [0.25, 0.3) is 0 Å². The average molecular weight is 599 g/mol. The Hall–Kier alpha value is -3.44. The van der Waals surface area contributed by atoms with Crippen molar-refractivity contribution in [3.05, 3.63) is 65.7 Å². The summed E-state index contributed by atoms with van der Waals surface area (Å²) in [4.78, 5) is 36.9. The summed E-state index contributed by atoms with van der Waals surface area (Å²) < 4.78 is 33.3. The van der Waals surface area contributed by atoms with E-state index in [0.717, 1.165) is 30.4 Å². The molecule has 1 atom stereocenters. The van der Waals surface area contributed by atoms with E-state index in [1.807, 2.05) is 24.3 Å². The second-order valence-electron chi connectivity index (χ2n) is 11.7. The zero-order chi connectivity index (χ0) is 30.3. The topological polar surface area (TPSA) is 109 Å². The first-order valence-electron chi connectivity index (χ1n) is 14.6. The molecule has 228 valence electrons. The highest BCUT2D eigenvalue weighted by Gasteiger charge is 2.33. The Bertz CT molecular complexity index is 1360. The number of likely N-dealkylation sites (N-methyl/N-ethyl adjacent to an activating group) is 1. The number of benzene rings is 2. The third kappa shape index (κ3) is 8.32. The molecule has 2 heterocycles. The van der Waals surface area contributed by atoms with Crippen LogP contribution in [0.4, 0.5) is 4.79 Å². The summed E-state index contributed by atoms with van der Waals surface area (Å²) in [6, 6.07) is 16.2. The van der Waals surface area contributed by atoms with E-state index in [-0.39, 0.29) is 11.9 Å². The standard InChI is InChI=1S/C31H42N4O6S/c1-31(2,3)40-30(37)41-34-23-20-32-29(34)25-15-13-24(14-16-25)19-22-33(4)28(36)18-17-26-10-8-9-21-35(26)42(38,39)27-11-6-5-7-12-27/h5-7,11-16,26H,8-10,17-23H2,1-4H3. The molecule has 0 N–H and O–H groups in total. The van der Waals surface area contributed by atoms with Crippen LogP contribution in [-0.4, -0.2) is 85.5 Å². The number of carbonyl (C=O) groups excluding carboxylic acids is 2. The van der Waals surface area contributed by atoms with E-state index < -0.39 is 21.8 Å². The van der Waals surface area contributed by atoms with Crippen molar-refractivity contribution in [2.45, 2.75) is 75.8 Å². The Morgan fingerprint density at radius 2 is 1.74 bits per heavy atom. The number of amides is 1. The van der Waals surface area contributed by atoms with Crippen molar-refractivity contribution < 1.29 is 27.6 Å². The normalized spacial score (nSPS) is 18.0. The minimum Gasteiger partial charge on any atom is -0.427 e. The quantitative estimate of drug-likeness (QED) is 0.367. The number of aliphatic imine (C=N–C) groups is 1. The molecule has 0 saturated carbocycles. The highest BCUT2D eigenvalue weighted by atomic mass is 32.2. The molecule has 0 aromatic heterocycles. The molecule has 11 heteroatoms. The maximum Gasteiger partial charge on any atom is 0.534 e. The van der Waals surface area contributed by atoms with Gasteiger partial charge in [0.2, 0.25) is 15.9 Å². The Morgan fingerprint density at radius 3 is 2.43 bits per heavy atom. The first kappa shape index (κ1) is 31.5. The Balaban J connectivity index is 1.26. The minimum absolute atomic E-state index is 0.00416. The van der Waals surface area contributed by atoms with Gasteiger partial charge in [-0.25, -0.2) is 13.2 Å². The van der Waals surface area contributed by atoms with Crippen LogP contribution >= 0.6 is 0 Å². The largest absolute Gasteiger partial charge is 0.534 e. The molecule has 0 spiro atoms. The summed E-state index contributed by atoms with van der Waals surface area (Å²) >= 11 is 0. The van der Waals surface area contributed by atoms with Crippen molar-refractivity contribution in [2.75, 3.05) is 33.2 Å². The number of piperidine rings is 1. The van der Waals surface area contributed by atoms with Gasteiger partial charge in [0, 0.05) is 38.2 Å². The molecule has 2 aromatic carbocycles. The Kier molecular flexibility index (Phi) is 10.3. The lowest BCUT2D eigenvalue weighted by Gasteiger charge is -2.35. The van der Waals surface area contributed by atoms with E-state index in [2.05, 4.69) is 4.99 Å². The van der Waals surface area contributed by atoms with Gasteiger partial charge in [-0.05, 0) is 64.2 Å². The van der Waals surface area contributed by atoms with E-state index in [1.165, 1.54) is 5.06 Å². The zero-order valence-corrected chi connectivity index (χ0v) is 25.8. The second kappa shape index (κ2) is 13.7. The molecule has 0 bridgehead atoms. The molecule has 42 heavy (non-hydrogen) atoms. The number of hydroxylamine groups is 2. The van der Waals surface area contributed by atoms with E-state index in [1.54, 1.807) is 67.4 Å². The molecule has 10 nitrogen and oxygen atoms in total. The van der Waals surface area contributed by atoms with E-state index in [0.29, 0.717) is 56.2 Å². The maximum absolute atomic E-state index is 13.3. The van der Waals surface area contributed by atoms with Crippen LogP contribution in [0.15, 0.2) is 64.5 Å². The number of carbonyl (C=O) groups is 2. The summed E-state index contributed by atoms with van der Waals surface area (Å²) in [5.41, 5.74) is 1.24. The molecule has 1 amide bonds. The maximum atomic E-state index is 13.3. The summed E-state index contributed by atoms with van der Waals surface area (Å²) in [6.07, 6.45) is 3.27. The summed E-state index contributed by atoms with van der Waals surface area (Å²) in [6.45, 7) is 7.34. The van der Waals surface area contributed by atoms with Gasteiger partial charge in [-0.15, -0.1) is 0 Å².